The van der Waals surface area contributed by atoms with Crippen LogP contribution in [0, 0.1) is 24.9 Å². The van der Waals surface area contributed by atoms with Crippen LogP contribution in [0.1, 0.15) is 31.8 Å². The van der Waals surface area contributed by atoms with Gasteiger partial charge >= 0.3 is 0 Å². The van der Waals surface area contributed by atoms with Gasteiger partial charge in [-0.1, -0.05) is 105 Å². The molecule has 3 aromatic heterocycles. The van der Waals surface area contributed by atoms with E-state index in [1.54, 1.807) is 29.7 Å². The van der Waals surface area contributed by atoms with Crippen LogP contribution < -0.4 is 5.19 Å². The topological polar surface area (TPSA) is 25.8 Å². The Morgan fingerprint density at radius 3 is 2.34 bits per heavy atom. The summed E-state index contributed by atoms with van der Waals surface area (Å²) in [7, 11) is -1.67. The van der Waals surface area contributed by atoms with Gasteiger partial charge < -0.3 is 9.97 Å². The summed E-state index contributed by atoms with van der Waals surface area (Å²) >= 11 is 1.69. The van der Waals surface area contributed by atoms with Gasteiger partial charge in [-0.15, -0.1) is 59.7 Å². The Morgan fingerprint density at radius 2 is 1.62 bits per heavy atom. The molecule has 7 aromatic rings. The molecule has 0 unspecified atom stereocenters. The molecule has 0 aliphatic carbocycles. The van der Waals surface area contributed by atoms with Crippen molar-refractivity contribution < 1.29 is 27.0 Å². The number of aromatic nitrogens is 2. The van der Waals surface area contributed by atoms with Crippen molar-refractivity contribution in [2.75, 3.05) is 0 Å². The van der Waals surface area contributed by atoms with Gasteiger partial charge in [0.25, 0.3) is 0 Å². The second-order valence-corrected chi connectivity index (χ2v) is 18.7. The summed E-state index contributed by atoms with van der Waals surface area (Å²) in [5, 5.41) is 3.43. The van der Waals surface area contributed by atoms with E-state index in [0.717, 1.165) is 37.7 Å². The Morgan fingerprint density at radius 1 is 0.809 bits per heavy atom. The maximum Gasteiger partial charge on any atom is 0.0798 e. The Bertz CT molecular complexity index is 2300. The first kappa shape index (κ1) is 28.3. The Hall–Kier alpha value is -3.73. The summed E-state index contributed by atoms with van der Waals surface area (Å²) in [6.07, 6.45) is 2.09. The first-order chi connectivity index (χ1) is 24.1. The van der Waals surface area contributed by atoms with Gasteiger partial charge in [0.2, 0.25) is 0 Å². The zero-order valence-electron chi connectivity index (χ0n) is 32.2. The zero-order chi connectivity index (χ0) is 36.6. The third kappa shape index (κ3) is 8.05. The molecular weight excluding hydrogens is 785 g/mol. The number of nitrogens with zero attached hydrogens (tertiary/aromatic N) is 2. The molecule has 0 bridgehead atoms. The molecule has 3 heterocycles. The number of rotatable bonds is 6. The molecule has 7 rings (SSSR count). The van der Waals surface area contributed by atoms with Gasteiger partial charge in [0, 0.05) is 44.1 Å². The summed E-state index contributed by atoms with van der Waals surface area (Å²) in [5.41, 5.74) is 6.63. The van der Waals surface area contributed by atoms with Gasteiger partial charge in [0.15, 0.2) is 0 Å². The molecule has 0 spiro atoms. The Balaban J connectivity index is 0.000000205. The molecule has 2 nitrogen and oxygen atoms in total. The van der Waals surface area contributed by atoms with Crippen LogP contribution in [0.5, 0.6) is 0 Å². The maximum absolute atomic E-state index is 8.55. The molecule has 0 aliphatic heterocycles. The molecule has 0 aliphatic rings. The van der Waals surface area contributed by atoms with Crippen molar-refractivity contribution >= 4 is 44.8 Å². The fraction of sp³-hybridized carbons (Fsp3) is 0.190. The molecule has 5 heteroatoms. The van der Waals surface area contributed by atoms with Gasteiger partial charge in [-0.3, -0.25) is 0 Å². The summed E-state index contributed by atoms with van der Waals surface area (Å²) < 4.78 is 42.4. The average molecular weight is 830 g/mol. The van der Waals surface area contributed by atoms with Crippen molar-refractivity contribution in [1.82, 2.24) is 9.97 Å². The van der Waals surface area contributed by atoms with E-state index < -0.39 is 21.3 Å². The number of hydrogen-bond acceptors (Lipinski definition) is 3. The molecule has 0 atom stereocenters. The number of thiophene rings is 1. The Kier molecular flexibility index (Phi) is 9.03. The molecule has 0 fully saturated rings. The van der Waals surface area contributed by atoms with E-state index in [-0.39, 0.29) is 26.0 Å². The number of pyridine rings is 2. The number of hydrogen-bond donors (Lipinski definition) is 0. The van der Waals surface area contributed by atoms with Gasteiger partial charge in [-0.25, -0.2) is 0 Å². The number of benzene rings is 4. The van der Waals surface area contributed by atoms with E-state index in [0.29, 0.717) is 11.3 Å². The molecule has 239 valence electrons. The predicted molar refractivity (Wildman–Crippen MR) is 202 cm³/mol. The summed E-state index contributed by atoms with van der Waals surface area (Å²) in [6.45, 7) is 8.41. The minimum absolute atomic E-state index is 0. The van der Waals surface area contributed by atoms with Crippen molar-refractivity contribution in [2.45, 2.75) is 46.7 Å². The van der Waals surface area contributed by atoms with Crippen molar-refractivity contribution in [1.29, 1.82) is 0 Å². The molecule has 47 heavy (non-hydrogen) atoms. The monoisotopic (exact) mass is 830 g/mol. The molecule has 0 saturated carbocycles. The van der Waals surface area contributed by atoms with E-state index >= 15 is 0 Å². The van der Waals surface area contributed by atoms with Crippen LogP contribution in [0.15, 0.2) is 116 Å². The fourth-order valence-corrected chi connectivity index (χ4v) is 8.14. The van der Waals surface area contributed by atoms with Crippen molar-refractivity contribution in [3.63, 3.8) is 0 Å². The van der Waals surface area contributed by atoms with E-state index in [1.165, 1.54) is 21.2 Å². The van der Waals surface area contributed by atoms with Crippen LogP contribution in [0.2, 0.25) is 19.6 Å². The minimum Gasteiger partial charge on any atom is -0.305 e. The van der Waals surface area contributed by atoms with Gasteiger partial charge in [-0.2, -0.15) is 11.3 Å². The average Bonchev–Trinajstić information content (AvgIpc) is 3.50. The van der Waals surface area contributed by atoms with Crippen LogP contribution in [-0.4, -0.2) is 18.0 Å². The quantitative estimate of drug-likeness (QED) is 0.123. The standard InChI is InChI=1S/C24H16NS.C18H24NSi.Ir/c1-16-12-13-25-22(14-16)21-9-5-8-20-19-11-10-18(15-23(19)26-24(20)21)17-6-3-2-4-7-17;1-14(2)11-16-12-17(15-9-7-6-8-10-15)19-13-18(16)20(3,4)5;/h2-8,10-15H,1H3;6-9,12-14H,11H2,1-5H3;/q2*-1;/i1D3;11D2;. The van der Waals surface area contributed by atoms with Crippen LogP contribution in [0.3, 0.4) is 0 Å². The molecular formula is C42H40IrN2SSi-2. The fourth-order valence-electron chi connectivity index (χ4n) is 5.49. The molecule has 0 saturated heterocycles. The molecule has 0 amide bonds. The third-order valence-electron chi connectivity index (χ3n) is 7.70. The summed E-state index contributed by atoms with van der Waals surface area (Å²) in [5.74, 6) is -0.0856. The van der Waals surface area contributed by atoms with E-state index in [2.05, 4.69) is 78.1 Å². The SMILES string of the molecule is [2H]C([2H])([2H])c1ccnc(-c2[c-]ccc3c2sc2cc(-c4ccccc4)ccc23)c1.[2H]C([2H])(c1cc(-c2[c-]cccc2)ncc1[Si](C)(C)C)C(C)C.[Ir]. The second kappa shape index (κ2) is 15.0. The second-order valence-electron chi connectivity index (χ2n) is 12.6. The molecule has 4 aromatic carbocycles. The number of fused-ring (bicyclic) bond motifs is 3. The minimum atomic E-state index is -2.16. The van der Waals surface area contributed by atoms with Crippen LogP contribution >= 0.6 is 11.3 Å². The third-order valence-corrected chi connectivity index (χ3v) is 10.9. The van der Waals surface area contributed by atoms with Crippen LogP contribution in [0.4, 0.5) is 0 Å². The van der Waals surface area contributed by atoms with E-state index in [4.69, 9.17) is 6.85 Å². The molecule has 0 N–H and O–H groups in total. The normalized spacial score (nSPS) is 13.4. The smallest absolute Gasteiger partial charge is 0.0798 e. The van der Waals surface area contributed by atoms with Crippen molar-refractivity contribution in [2.24, 2.45) is 5.92 Å². The van der Waals surface area contributed by atoms with Gasteiger partial charge in [0.1, 0.15) is 0 Å². The van der Waals surface area contributed by atoms with Crippen LogP contribution in [-0.2, 0) is 26.5 Å². The molecule has 1 radical (unpaired) electrons. The largest absolute Gasteiger partial charge is 0.305 e. The zero-order valence-corrected chi connectivity index (χ0v) is 31.4. The first-order valence-corrected chi connectivity index (χ1v) is 19.8. The van der Waals surface area contributed by atoms with Gasteiger partial charge in [0.05, 0.1) is 8.07 Å². The summed E-state index contributed by atoms with van der Waals surface area (Å²) in [6, 6.07) is 40.1. The number of aryl methyl sites for hydroxylation is 1. The Labute approximate surface area is 305 Å². The summed E-state index contributed by atoms with van der Waals surface area (Å²) in [4.78, 5) is 9.02. The van der Waals surface area contributed by atoms with Crippen molar-refractivity contribution in [3.05, 3.63) is 139 Å². The van der Waals surface area contributed by atoms with E-state index in [1.807, 2.05) is 74.6 Å². The maximum atomic E-state index is 8.55. The van der Waals surface area contributed by atoms with Gasteiger partial charge in [-0.05, 0) is 69.1 Å². The van der Waals surface area contributed by atoms with Crippen molar-refractivity contribution in [3.8, 4) is 33.6 Å². The predicted octanol–water partition coefficient (Wildman–Crippen LogP) is 11.2. The first-order valence-electron chi connectivity index (χ1n) is 18.0. The van der Waals surface area contributed by atoms with Crippen LogP contribution in [0.25, 0.3) is 53.8 Å². The van der Waals surface area contributed by atoms with E-state index in [9.17, 15) is 0 Å².